The van der Waals surface area contributed by atoms with Crippen molar-refractivity contribution in [1.82, 2.24) is 4.90 Å². The van der Waals surface area contributed by atoms with Gasteiger partial charge in [-0.2, -0.15) is 0 Å². The van der Waals surface area contributed by atoms with Crippen LogP contribution in [0.2, 0.25) is 0 Å². The van der Waals surface area contributed by atoms with E-state index in [9.17, 15) is 19.5 Å². The van der Waals surface area contributed by atoms with Crippen molar-refractivity contribution < 1.29 is 19.5 Å². The third-order valence-corrected chi connectivity index (χ3v) is 5.43. The summed E-state index contributed by atoms with van der Waals surface area (Å²) in [5, 5.41) is 12.0. The number of anilines is 1. The molecule has 6 heteroatoms. The summed E-state index contributed by atoms with van der Waals surface area (Å²) in [7, 11) is 1.84. The molecule has 0 bridgehead atoms. The monoisotopic (exact) mass is 394 g/mol. The number of nitrogens with zero attached hydrogens (tertiary/aromatic N) is 1. The van der Waals surface area contributed by atoms with E-state index in [1.807, 2.05) is 11.9 Å². The Hall–Kier alpha value is -3.15. The summed E-state index contributed by atoms with van der Waals surface area (Å²) < 4.78 is 0. The molecule has 0 radical (unpaired) electrons. The van der Waals surface area contributed by atoms with Crippen molar-refractivity contribution in [1.29, 1.82) is 0 Å². The van der Waals surface area contributed by atoms with E-state index in [2.05, 4.69) is 5.32 Å². The van der Waals surface area contributed by atoms with Crippen LogP contribution in [0, 0.1) is 0 Å². The minimum Gasteiger partial charge on any atom is -0.478 e. The van der Waals surface area contributed by atoms with Crippen LogP contribution in [0.3, 0.4) is 0 Å². The van der Waals surface area contributed by atoms with Crippen LogP contribution >= 0.6 is 0 Å². The van der Waals surface area contributed by atoms with Gasteiger partial charge in [0.1, 0.15) is 0 Å². The van der Waals surface area contributed by atoms with Crippen molar-refractivity contribution in [3.63, 3.8) is 0 Å². The molecule has 0 aromatic heterocycles. The molecule has 1 saturated carbocycles. The minimum atomic E-state index is -1.06. The van der Waals surface area contributed by atoms with Gasteiger partial charge in [-0.25, -0.2) is 4.79 Å². The Bertz CT molecular complexity index is 903. The van der Waals surface area contributed by atoms with Gasteiger partial charge in [-0.15, -0.1) is 0 Å². The first-order chi connectivity index (χ1) is 14.0. The van der Waals surface area contributed by atoms with Gasteiger partial charge in [0, 0.05) is 24.3 Å². The molecule has 0 aliphatic heterocycles. The second-order valence-corrected chi connectivity index (χ2v) is 7.48. The molecule has 0 atom stereocenters. The van der Waals surface area contributed by atoms with E-state index in [4.69, 9.17) is 0 Å². The molecular formula is C23H26N2O4. The number of benzene rings is 2. The van der Waals surface area contributed by atoms with E-state index in [-0.39, 0.29) is 29.8 Å². The minimum absolute atomic E-state index is 0.0516. The molecule has 1 aliphatic rings. The largest absolute Gasteiger partial charge is 0.478 e. The fourth-order valence-electron chi connectivity index (χ4n) is 3.83. The number of nitrogens with one attached hydrogen (secondary N) is 1. The smallest absolute Gasteiger partial charge is 0.335 e. The number of rotatable bonds is 6. The Morgan fingerprint density at radius 1 is 1.03 bits per heavy atom. The maximum Gasteiger partial charge on any atom is 0.335 e. The Labute approximate surface area is 170 Å². The number of carboxylic acids is 1. The number of amides is 2. The number of carbonyl (C=O) groups excluding carboxylic acids is 2. The fraction of sp³-hybridized carbons (Fsp3) is 0.348. The Kier molecular flexibility index (Phi) is 6.65. The predicted octanol–water partition coefficient (Wildman–Crippen LogP) is 3.97. The number of aromatic carboxylic acids is 1. The standard InChI is InChI=1S/C23H26N2O4/c1-25(19-11-3-2-4-12-19)22(27)17-9-7-10-18(14-17)24-21(26)15-16-8-5-6-13-20(16)23(28)29/h5-10,13-14,19H,2-4,11-12,15H2,1H3,(H,24,26)(H,28,29). The van der Waals surface area contributed by atoms with Crippen molar-refractivity contribution in [2.75, 3.05) is 12.4 Å². The molecule has 0 spiro atoms. The molecule has 3 rings (SSSR count). The first-order valence-corrected chi connectivity index (χ1v) is 9.94. The number of hydrogen-bond acceptors (Lipinski definition) is 3. The van der Waals surface area contributed by atoms with Crippen LogP contribution in [-0.2, 0) is 11.2 Å². The summed E-state index contributed by atoms with van der Waals surface area (Å²) >= 11 is 0. The van der Waals surface area contributed by atoms with Crippen LogP contribution in [0.1, 0.15) is 58.4 Å². The summed E-state index contributed by atoms with van der Waals surface area (Å²) in [4.78, 5) is 38.4. The highest BCUT2D eigenvalue weighted by Crippen LogP contribution is 2.23. The molecule has 152 valence electrons. The van der Waals surface area contributed by atoms with Crippen LogP contribution in [0.15, 0.2) is 48.5 Å². The van der Waals surface area contributed by atoms with E-state index in [1.54, 1.807) is 42.5 Å². The Morgan fingerprint density at radius 2 is 1.76 bits per heavy atom. The quantitative estimate of drug-likeness (QED) is 0.776. The highest BCUT2D eigenvalue weighted by atomic mass is 16.4. The fourth-order valence-corrected chi connectivity index (χ4v) is 3.83. The summed E-state index contributed by atoms with van der Waals surface area (Å²) in [5.41, 5.74) is 1.61. The molecule has 2 aromatic rings. The number of carbonyl (C=O) groups is 3. The molecule has 2 aromatic carbocycles. The van der Waals surface area contributed by atoms with E-state index < -0.39 is 5.97 Å². The van der Waals surface area contributed by atoms with Gasteiger partial charge in [0.05, 0.1) is 12.0 Å². The van der Waals surface area contributed by atoms with E-state index in [0.717, 1.165) is 25.7 Å². The van der Waals surface area contributed by atoms with Crippen molar-refractivity contribution >= 4 is 23.5 Å². The first kappa shape index (κ1) is 20.6. The predicted molar refractivity (Wildman–Crippen MR) is 111 cm³/mol. The lowest BCUT2D eigenvalue weighted by Crippen LogP contribution is -2.38. The van der Waals surface area contributed by atoms with Gasteiger partial charge in [-0.3, -0.25) is 9.59 Å². The molecule has 1 fully saturated rings. The Morgan fingerprint density at radius 3 is 2.48 bits per heavy atom. The second-order valence-electron chi connectivity index (χ2n) is 7.48. The molecule has 0 heterocycles. The zero-order valence-corrected chi connectivity index (χ0v) is 16.6. The van der Waals surface area contributed by atoms with E-state index in [0.29, 0.717) is 16.8 Å². The number of hydrogen-bond donors (Lipinski definition) is 2. The van der Waals surface area contributed by atoms with Gasteiger partial charge in [0.25, 0.3) is 5.91 Å². The van der Waals surface area contributed by atoms with Crippen LogP contribution in [0.4, 0.5) is 5.69 Å². The SMILES string of the molecule is CN(C(=O)c1cccc(NC(=O)Cc2ccccc2C(=O)O)c1)C1CCCCC1. The van der Waals surface area contributed by atoms with Crippen LogP contribution in [-0.4, -0.2) is 40.9 Å². The molecule has 2 N–H and O–H groups in total. The van der Waals surface area contributed by atoms with Gasteiger partial charge in [0.2, 0.25) is 5.91 Å². The van der Waals surface area contributed by atoms with Gasteiger partial charge in [-0.05, 0) is 42.7 Å². The maximum atomic E-state index is 12.8. The lowest BCUT2D eigenvalue weighted by Gasteiger charge is -2.31. The lowest BCUT2D eigenvalue weighted by atomic mass is 9.94. The normalized spacial score (nSPS) is 14.2. The van der Waals surface area contributed by atoms with Crippen LogP contribution in [0.25, 0.3) is 0 Å². The molecular weight excluding hydrogens is 368 g/mol. The molecule has 0 unspecified atom stereocenters. The molecule has 6 nitrogen and oxygen atoms in total. The van der Waals surface area contributed by atoms with Crippen molar-refractivity contribution in [2.24, 2.45) is 0 Å². The summed E-state index contributed by atoms with van der Waals surface area (Å²) in [5.74, 6) is -1.44. The third-order valence-electron chi connectivity index (χ3n) is 5.43. The van der Waals surface area contributed by atoms with Gasteiger partial charge < -0.3 is 15.3 Å². The van der Waals surface area contributed by atoms with Crippen molar-refractivity contribution in [3.8, 4) is 0 Å². The molecule has 1 aliphatic carbocycles. The molecule has 0 saturated heterocycles. The first-order valence-electron chi connectivity index (χ1n) is 9.94. The van der Waals surface area contributed by atoms with Gasteiger partial charge >= 0.3 is 5.97 Å². The zero-order valence-electron chi connectivity index (χ0n) is 16.6. The van der Waals surface area contributed by atoms with Crippen molar-refractivity contribution in [3.05, 3.63) is 65.2 Å². The van der Waals surface area contributed by atoms with Gasteiger partial charge in [-0.1, -0.05) is 43.5 Å². The summed E-state index contributed by atoms with van der Waals surface area (Å²) in [6, 6.07) is 13.6. The molecule has 2 amide bonds. The van der Waals surface area contributed by atoms with Gasteiger partial charge in [0.15, 0.2) is 0 Å². The summed E-state index contributed by atoms with van der Waals surface area (Å²) in [6.45, 7) is 0. The highest BCUT2D eigenvalue weighted by Gasteiger charge is 2.23. The van der Waals surface area contributed by atoms with Crippen LogP contribution in [0.5, 0.6) is 0 Å². The third kappa shape index (κ3) is 5.22. The number of carboxylic acid groups (broad SMARTS) is 1. The summed E-state index contributed by atoms with van der Waals surface area (Å²) in [6.07, 6.45) is 5.53. The topological polar surface area (TPSA) is 86.7 Å². The average Bonchev–Trinajstić information content (AvgIpc) is 2.73. The maximum absolute atomic E-state index is 12.8. The molecule has 29 heavy (non-hydrogen) atoms. The highest BCUT2D eigenvalue weighted by molar-refractivity contribution is 5.98. The Balaban J connectivity index is 1.67. The van der Waals surface area contributed by atoms with Crippen molar-refractivity contribution in [2.45, 2.75) is 44.6 Å². The van der Waals surface area contributed by atoms with E-state index in [1.165, 1.54) is 12.5 Å². The lowest BCUT2D eigenvalue weighted by molar-refractivity contribution is -0.115. The zero-order chi connectivity index (χ0) is 20.8. The van der Waals surface area contributed by atoms with E-state index >= 15 is 0 Å². The second kappa shape index (κ2) is 9.37. The van der Waals surface area contributed by atoms with Crippen LogP contribution < -0.4 is 5.32 Å². The average molecular weight is 394 g/mol.